The number of ether oxygens (including phenoxy) is 1. The molecule has 8 nitrogen and oxygen atoms in total. The van der Waals surface area contributed by atoms with Crippen molar-refractivity contribution in [1.82, 2.24) is 19.5 Å². The molecule has 2 aromatic rings. The molecular weight excluding hydrogens is 255 g/mol. The second-order valence-corrected chi connectivity index (χ2v) is 4.41. The number of anilines is 1. The van der Waals surface area contributed by atoms with Crippen LogP contribution in [0.3, 0.4) is 0 Å². The maximum atomic E-state index is 13.2. The average Bonchev–Trinajstić information content (AvgIpc) is 2.92. The molecule has 9 heteroatoms. The zero-order valence-electron chi connectivity index (χ0n) is 9.90. The summed E-state index contributed by atoms with van der Waals surface area (Å²) in [6.45, 7) is -0.171. The van der Waals surface area contributed by atoms with Crippen molar-refractivity contribution in [2.45, 2.75) is 24.8 Å². The minimum atomic E-state index is -0.923. The molecule has 1 fully saturated rings. The van der Waals surface area contributed by atoms with Crippen LogP contribution >= 0.6 is 0 Å². The number of hydrogen-bond donors (Lipinski definition) is 3. The average molecular weight is 268 g/mol. The first-order valence-electron chi connectivity index (χ1n) is 5.77. The molecular formula is C10H13FN6O2. The van der Waals surface area contributed by atoms with Crippen LogP contribution in [0, 0.1) is 6.08 Å². The number of halogens is 1. The maximum absolute atomic E-state index is 13.2. The summed E-state index contributed by atoms with van der Waals surface area (Å²) in [6, 6.07) is -0.295. The second kappa shape index (κ2) is 4.37. The molecule has 0 radical (unpaired) electrons. The molecule has 0 spiro atoms. The lowest BCUT2D eigenvalue weighted by atomic mass is 10.1. The third-order valence-corrected chi connectivity index (χ3v) is 3.19. The topological polar surface area (TPSA) is 125 Å². The van der Waals surface area contributed by atoms with Gasteiger partial charge in [-0.2, -0.15) is 14.4 Å². The molecule has 3 rings (SSSR count). The van der Waals surface area contributed by atoms with E-state index in [4.69, 9.17) is 21.3 Å². The van der Waals surface area contributed by atoms with Crippen LogP contribution in [0.15, 0.2) is 6.33 Å². The number of imidazole rings is 1. The fraction of sp³-hybridized carbons (Fsp3) is 0.500. The van der Waals surface area contributed by atoms with Gasteiger partial charge >= 0.3 is 6.08 Å². The largest absolute Gasteiger partial charge is 0.394 e. The van der Waals surface area contributed by atoms with E-state index in [0.717, 1.165) is 0 Å². The number of aliphatic hydroxyl groups excluding tert-OH is 1. The third-order valence-electron chi connectivity index (χ3n) is 3.19. The van der Waals surface area contributed by atoms with Gasteiger partial charge in [0.2, 0.25) is 0 Å². The first kappa shape index (κ1) is 12.2. The van der Waals surface area contributed by atoms with E-state index in [1.807, 2.05) is 0 Å². The summed E-state index contributed by atoms with van der Waals surface area (Å²) in [6.07, 6.45) is 0.0965. The molecule has 0 aromatic carbocycles. The van der Waals surface area contributed by atoms with E-state index in [0.29, 0.717) is 11.9 Å². The SMILES string of the molecule is Nc1nc(F)nc2c1ncn2[C@H]1C[C@H](N)[C@@H](CO)O1. The van der Waals surface area contributed by atoms with Gasteiger partial charge in [0.15, 0.2) is 17.0 Å². The fourth-order valence-electron chi connectivity index (χ4n) is 2.22. The molecule has 1 aliphatic rings. The Kier molecular flexibility index (Phi) is 2.81. The summed E-state index contributed by atoms with van der Waals surface area (Å²) in [4.78, 5) is 11.1. The lowest BCUT2D eigenvalue weighted by Crippen LogP contribution is -2.32. The molecule has 1 aliphatic heterocycles. The predicted octanol–water partition coefficient (Wildman–Crippen LogP) is -0.845. The summed E-state index contributed by atoms with van der Waals surface area (Å²) in [5, 5.41) is 9.12. The highest BCUT2D eigenvalue weighted by Gasteiger charge is 2.34. The Morgan fingerprint density at radius 2 is 2.32 bits per heavy atom. The first-order chi connectivity index (χ1) is 9.10. The van der Waals surface area contributed by atoms with Gasteiger partial charge in [0, 0.05) is 12.5 Å². The van der Waals surface area contributed by atoms with Gasteiger partial charge in [-0.15, -0.1) is 0 Å². The van der Waals surface area contributed by atoms with Gasteiger partial charge in [-0.3, -0.25) is 4.57 Å². The van der Waals surface area contributed by atoms with E-state index in [1.165, 1.54) is 6.33 Å². The fourth-order valence-corrected chi connectivity index (χ4v) is 2.22. The third kappa shape index (κ3) is 1.91. The van der Waals surface area contributed by atoms with E-state index >= 15 is 0 Å². The van der Waals surface area contributed by atoms with Gasteiger partial charge in [-0.05, 0) is 0 Å². The number of nitrogens with two attached hydrogens (primary N) is 2. The molecule has 3 atom stereocenters. The molecule has 19 heavy (non-hydrogen) atoms. The first-order valence-corrected chi connectivity index (χ1v) is 5.77. The molecule has 5 N–H and O–H groups in total. The molecule has 102 valence electrons. The summed E-state index contributed by atoms with van der Waals surface area (Å²) in [5.41, 5.74) is 12.0. The minimum absolute atomic E-state index is 0.0257. The molecule has 0 bridgehead atoms. The quantitative estimate of drug-likeness (QED) is 0.606. The molecule has 0 unspecified atom stereocenters. The van der Waals surface area contributed by atoms with Crippen molar-refractivity contribution >= 4 is 17.0 Å². The molecule has 0 saturated carbocycles. The van der Waals surface area contributed by atoms with Crippen LogP contribution in [0.4, 0.5) is 10.2 Å². The summed E-state index contributed by atoms with van der Waals surface area (Å²) in [5.74, 6) is -0.0257. The van der Waals surface area contributed by atoms with Crippen LogP contribution in [0.25, 0.3) is 11.2 Å². The van der Waals surface area contributed by atoms with Crippen molar-refractivity contribution in [2.24, 2.45) is 5.73 Å². The van der Waals surface area contributed by atoms with Crippen LogP contribution in [0.5, 0.6) is 0 Å². The zero-order valence-corrected chi connectivity index (χ0v) is 9.90. The number of hydrogen-bond acceptors (Lipinski definition) is 7. The van der Waals surface area contributed by atoms with Crippen LogP contribution in [-0.2, 0) is 4.74 Å². The van der Waals surface area contributed by atoms with Crippen molar-refractivity contribution in [3.8, 4) is 0 Å². The van der Waals surface area contributed by atoms with Crippen LogP contribution in [0.1, 0.15) is 12.6 Å². The Morgan fingerprint density at radius 1 is 1.53 bits per heavy atom. The van der Waals surface area contributed by atoms with Crippen molar-refractivity contribution in [2.75, 3.05) is 12.3 Å². The van der Waals surface area contributed by atoms with E-state index in [2.05, 4.69) is 15.0 Å². The molecule has 2 aromatic heterocycles. The zero-order chi connectivity index (χ0) is 13.6. The molecule has 0 aliphatic carbocycles. The number of aromatic nitrogens is 4. The van der Waals surface area contributed by atoms with Gasteiger partial charge in [-0.25, -0.2) is 4.98 Å². The van der Waals surface area contributed by atoms with E-state index < -0.39 is 18.4 Å². The van der Waals surface area contributed by atoms with Crippen LogP contribution < -0.4 is 11.5 Å². The van der Waals surface area contributed by atoms with E-state index in [9.17, 15) is 4.39 Å². The van der Waals surface area contributed by atoms with E-state index in [1.54, 1.807) is 4.57 Å². The van der Waals surface area contributed by atoms with Gasteiger partial charge < -0.3 is 21.3 Å². The van der Waals surface area contributed by atoms with Gasteiger partial charge in [0.05, 0.1) is 19.0 Å². The number of fused-ring (bicyclic) bond motifs is 1. The van der Waals surface area contributed by atoms with Crippen molar-refractivity contribution in [3.63, 3.8) is 0 Å². The monoisotopic (exact) mass is 268 g/mol. The maximum Gasteiger partial charge on any atom is 0.312 e. The highest BCUT2D eigenvalue weighted by atomic mass is 19.1. The number of nitrogens with zero attached hydrogens (tertiary/aromatic N) is 4. The van der Waals surface area contributed by atoms with Gasteiger partial charge in [-0.1, -0.05) is 0 Å². The molecule has 1 saturated heterocycles. The minimum Gasteiger partial charge on any atom is -0.394 e. The Labute approximate surface area is 107 Å². The summed E-state index contributed by atoms with van der Waals surface area (Å²) < 4.78 is 20.3. The summed E-state index contributed by atoms with van der Waals surface area (Å²) in [7, 11) is 0. The summed E-state index contributed by atoms with van der Waals surface area (Å²) >= 11 is 0. The van der Waals surface area contributed by atoms with Crippen molar-refractivity contribution in [3.05, 3.63) is 12.4 Å². The molecule has 3 heterocycles. The Morgan fingerprint density at radius 3 is 3.00 bits per heavy atom. The normalized spacial score (nSPS) is 27.2. The number of nitrogen functional groups attached to an aromatic ring is 1. The highest BCUT2D eigenvalue weighted by Crippen LogP contribution is 2.30. The number of rotatable bonds is 2. The number of aliphatic hydroxyl groups is 1. The van der Waals surface area contributed by atoms with Crippen molar-refractivity contribution in [1.29, 1.82) is 0 Å². The lowest BCUT2D eigenvalue weighted by molar-refractivity contribution is -0.0233. The van der Waals surface area contributed by atoms with Crippen LogP contribution in [-0.4, -0.2) is 43.4 Å². The molecule has 0 amide bonds. The Hall–Kier alpha value is -1.84. The Bertz CT molecular complexity index is 617. The highest BCUT2D eigenvalue weighted by molar-refractivity contribution is 5.81. The van der Waals surface area contributed by atoms with Gasteiger partial charge in [0.25, 0.3) is 0 Å². The lowest BCUT2D eigenvalue weighted by Gasteiger charge is -2.13. The van der Waals surface area contributed by atoms with Gasteiger partial charge in [0.1, 0.15) is 6.23 Å². The second-order valence-electron chi connectivity index (χ2n) is 4.41. The van der Waals surface area contributed by atoms with Crippen LogP contribution in [0.2, 0.25) is 0 Å². The van der Waals surface area contributed by atoms with E-state index in [-0.39, 0.29) is 24.1 Å². The smallest absolute Gasteiger partial charge is 0.312 e. The van der Waals surface area contributed by atoms with Crippen molar-refractivity contribution < 1.29 is 14.2 Å². The standard InChI is InChI=1S/C10H13FN6O2/c11-10-15-8(13)7-9(16-10)17(3-14-7)6-1-4(12)5(2-18)19-6/h3-6,18H,1-2,12H2,(H2,13,15,16)/t4-,5+,6+/m0/s1. The predicted molar refractivity (Wildman–Crippen MR) is 63.3 cm³/mol. The Balaban J connectivity index is 2.02.